The van der Waals surface area contributed by atoms with E-state index in [1.807, 2.05) is 0 Å². The Morgan fingerprint density at radius 3 is 2.47 bits per heavy atom. The molecule has 0 aliphatic rings. The minimum absolute atomic E-state index is 0.132. The highest BCUT2D eigenvalue weighted by Crippen LogP contribution is 2.34. The van der Waals surface area contributed by atoms with Gasteiger partial charge in [-0.2, -0.15) is 0 Å². The van der Waals surface area contributed by atoms with Crippen molar-refractivity contribution in [1.82, 2.24) is 0 Å². The van der Waals surface area contributed by atoms with Gasteiger partial charge in [-0.05, 0) is 28.0 Å². The second kappa shape index (κ2) is 3.55. The average Bonchev–Trinajstić information content (AvgIpc) is 2.34. The Morgan fingerprint density at radius 2 is 1.93 bits per heavy atom. The summed E-state index contributed by atoms with van der Waals surface area (Å²) in [6.45, 7) is 1.22. The van der Waals surface area contributed by atoms with Crippen LogP contribution in [-0.2, 0) is 10.8 Å². The van der Waals surface area contributed by atoms with Gasteiger partial charge in [-0.1, -0.05) is 53.5 Å². The Balaban J connectivity index is 3.73. The molecule has 1 aromatic carbocycles. The summed E-state index contributed by atoms with van der Waals surface area (Å²) >= 11 is 0. The molecule has 0 spiro atoms. The van der Waals surface area contributed by atoms with Gasteiger partial charge in [0.15, 0.2) is 0 Å². The van der Waals surface area contributed by atoms with E-state index in [1.165, 1.54) is 39.8 Å². The molecular weight excluding hydrogens is 184 g/mol. The minimum atomic E-state index is -2.41. The largest absolute Gasteiger partial charge is 0.508 e. The lowest BCUT2D eigenvalue weighted by Gasteiger charge is -2.25. The molecule has 1 N–H and O–H groups in total. The maximum atomic E-state index is 8.01. The number of rotatable bonds is 1. The molecule has 0 radical (unpaired) electrons. The molecule has 1 heteroatoms. The summed E-state index contributed by atoms with van der Waals surface area (Å²) in [5.41, 5.74) is -2.23. The Bertz CT molecular complexity index is 584. The highest BCUT2D eigenvalue weighted by Gasteiger charge is 2.21. The van der Waals surface area contributed by atoms with Crippen molar-refractivity contribution in [3.63, 3.8) is 0 Å². The van der Waals surface area contributed by atoms with Gasteiger partial charge in [0.25, 0.3) is 1.43 Å². The smallest absolute Gasteiger partial charge is 0.293 e. The molecule has 0 saturated heterocycles. The summed E-state index contributed by atoms with van der Waals surface area (Å²) in [4.78, 5) is 0. The van der Waals surface area contributed by atoms with Crippen LogP contribution in [0.5, 0.6) is 5.75 Å². The fourth-order valence-electron chi connectivity index (χ4n) is 1.31. The summed E-state index contributed by atoms with van der Waals surface area (Å²) in [7, 11) is 0. The van der Waals surface area contributed by atoms with Crippen molar-refractivity contribution < 1.29 is 14.7 Å². The first kappa shape index (κ1) is 4.90. The number of hydrogen-bond acceptors (Lipinski definition) is 1. The van der Waals surface area contributed by atoms with Crippen LogP contribution in [0.2, 0.25) is 0 Å². The molecule has 1 rings (SSSR count). The first-order valence-electron chi connectivity index (χ1n) is 8.77. The van der Waals surface area contributed by atoms with Crippen LogP contribution in [-0.4, -0.2) is 6.54 Å². The van der Waals surface area contributed by atoms with Crippen molar-refractivity contribution in [3.05, 3.63) is 29.3 Å². The second-order valence-electron chi connectivity index (χ2n) is 4.88. The lowest BCUT2D eigenvalue weighted by atomic mass is 9.80. The van der Waals surface area contributed by atoms with Gasteiger partial charge in [0.05, 0.1) is 1.37 Å². The highest BCUT2D eigenvalue weighted by molar-refractivity contribution is 5.42. The molecular formula is C14H22O. The van der Waals surface area contributed by atoms with Crippen molar-refractivity contribution in [2.45, 2.75) is 52.2 Å². The lowest BCUT2D eigenvalue weighted by molar-refractivity contribution is 0.444. The molecule has 0 atom stereocenters. The van der Waals surface area contributed by atoms with E-state index >= 15 is 0 Å². The van der Waals surface area contributed by atoms with Crippen molar-refractivity contribution in [3.8, 4) is 5.75 Å². The maximum Gasteiger partial charge on any atom is 0.293 e. The molecule has 0 aromatic heterocycles. The van der Waals surface area contributed by atoms with Gasteiger partial charge < -0.3 is 5.11 Å². The van der Waals surface area contributed by atoms with E-state index in [9.17, 15) is 0 Å². The van der Waals surface area contributed by atoms with Crippen LogP contribution < -0.4 is 0 Å². The molecule has 15 heavy (non-hydrogen) atoms. The molecule has 0 heterocycles. The predicted octanol–water partition coefficient (Wildman–Crippen LogP) is 3.99. The molecule has 0 amide bonds. The normalized spacial score (nSPS) is 22.1. The molecule has 1 aromatic rings. The van der Waals surface area contributed by atoms with E-state index in [2.05, 4.69) is 5.11 Å². The SMILES string of the molecule is [2H]Oc1c([2H])cc(C(C)(C)C([2H])([2H])[2H])cc1C(C)(C)C([2H])([2H])[2H]. The zero-order valence-corrected chi connectivity index (χ0v) is 9.56. The number of aromatic hydroxyl groups is 1. The summed E-state index contributed by atoms with van der Waals surface area (Å²) < 4.78 is 61.3. The zero-order chi connectivity index (χ0) is 18.4. The van der Waals surface area contributed by atoms with Gasteiger partial charge in [0, 0.05) is 8.22 Å². The Morgan fingerprint density at radius 1 is 1.27 bits per heavy atom. The van der Waals surface area contributed by atoms with E-state index in [-0.39, 0.29) is 17.4 Å². The van der Waals surface area contributed by atoms with Crippen molar-refractivity contribution in [1.29, 1.82) is 1.43 Å². The first-order chi connectivity index (χ1) is 10.1. The van der Waals surface area contributed by atoms with E-state index in [1.54, 1.807) is 0 Å². The molecule has 0 fully saturated rings. The second-order valence-corrected chi connectivity index (χ2v) is 4.88. The van der Waals surface area contributed by atoms with E-state index in [0.717, 1.165) is 0 Å². The molecule has 0 saturated carbocycles. The van der Waals surface area contributed by atoms with Crippen molar-refractivity contribution >= 4 is 0 Å². The van der Waals surface area contributed by atoms with Crippen LogP contribution in [0.3, 0.4) is 0 Å². The molecule has 0 unspecified atom stereocenters. The Hall–Kier alpha value is -0.980. The Kier molecular flexibility index (Phi) is 1.16. The summed E-state index contributed by atoms with van der Waals surface area (Å²) in [6.07, 6.45) is 0. The highest BCUT2D eigenvalue weighted by atomic mass is 16.3. The maximum absolute atomic E-state index is 8.01. The third-order valence-electron chi connectivity index (χ3n) is 2.30. The molecule has 1 nitrogen and oxygen atoms in total. The number of hydrogen-bond donors (Lipinski definition) is 1. The number of phenolic OH excluding ortho intramolecular Hbond substituents is 1. The van der Waals surface area contributed by atoms with Crippen LogP contribution >= 0.6 is 0 Å². The van der Waals surface area contributed by atoms with Crippen LogP contribution in [0.4, 0.5) is 0 Å². The summed E-state index contributed by atoms with van der Waals surface area (Å²) in [5.74, 6) is -0.170. The van der Waals surface area contributed by atoms with Gasteiger partial charge in [-0.25, -0.2) is 0 Å². The van der Waals surface area contributed by atoms with Crippen molar-refractivity contribution in [2.24, 2.45) is 0 Å². The van der Waals surface area contributed by atoms with Crippen LogP contribution in [0.1, 0.15) is 62.1 Å². The van der Waals surface area contributed by atoms with E-state index < -0.39 is 24.5 Å². The molecule has 0 aliphatic heterocycles. The van der Waals surface area contributed by atoms with Gasteiger partial charge in [-0.15, -0.1) is 0 Å². The Labute approximate surface area is 104 Å². The van der Waals surface area contributed by atoms with Gasteiger partial charge >= 0.3 is 0 Å². The number of benzene rings is 1. The zero-order valence-electron chi connectivity index (χ0n) is 17.6. The third-order valence-corrected chi connectivity index (χ3v) is 2.30. The van der Waals surface area contributed by atoms with Gasteiger partial charge in [0.1, 0.15) is 5.75 Å². The molecule has 84 valence electrons. The average molecular weight is 214 g/mol. The molecule has 0 bridgehead atoms. The van der Waals surface area contributed by atoms with E-state index in [4.69, 9.17) is 11.0 Å². The minimum Gasteiger partial charge on any atom is -0.508 e. The van der Waals surface area contributed by atoms with Crippen LogP contribution in [0.25, 0.3) is 0 Å². The van der Waals surface area contributed by atoms with Gasteiger partial charge in [-0.3, -0.25) is 0 Å². The quantitative estimate of drug-likeness (QED) is 0.749. The van der Waals surface area contributed by atoms with Crippen LogP contribution in [0, 0.1) is 0 Å². The summed E-state index contributed by atoms with van der Waals surface area (Å²) in [6, 6.07) is 2.54. The van der Waals surface area contributed by atoms with Crippen molar-refractivity contribution in [2.75, 3.05) is 0 Å². The fourth-order valence-corrected chi connectivity index (χ4v) is 1.31. The topological polar surface area (TPSA) is 20.2 Å². The summed E-state index contributed by atoms with van der Waals surface area (Å²) in [5, 5.41) is 4.48. The predicted molar refractivity (Wildman–Crippen MR) is 65.5 cm³/mol. The number of phenols is 1. The molecule has 0 aliphatic carbocycles. The van der Waals surface area contributed by atoms with E-state index in [0.29, 0.717) is 5.56 Å². The lowest BCUT2D eigenvalue weighted by Crippen LogP contribution is -2.16. The fraction of sp³-hybridized carbons (Fsp3) is 0.571. The monoisotopic (exact) mass is 214 g/mol. The third kappa shape index (κ3) is 2.74. The van der Waals surface area contributed by atoms with Gasteiger partial charge in [0.2, 0.25) is 0 Å². The van der Waals surface area contributed by atoms with Crippen LogP contribution in [0.15, 0.2) is 18.2 Å². The standard InChI is InChI=1S/C14H22O/c1-13(2,3)10-7-8-12(15)11(9-10)14(4,5)6/h7-9,15H,1-6H3/i1D3,4D3,8D/hD. The first-order valence-corrected chi connectivity index (χ1v) is 4.86.